The summed E-state index contributed by atoms with van der Waals surface area (Å²) in [6.07, 6.45) is 0. The van der Waals surface area contributed by atoms with Crippen LogP contribution < -0.4 is 5.56 Å². The van der Waals surface area contributed by atoms with Crippen molar-refractivity contribution in [2.75, 3.05) is 7.11 Å². The number of ether oxygens (including phenoxy) is 1. The van der Waals surface area contributed by atoms with E-state index in [4.69, 9.17) is 4.74 Å². The molecule has 4 aromatic rings. The van der Waals surface area contributed by atoms with Crippen molar-refractivity contribution >= 4 is 17.7 Å². The summed E-state index contributed by atoms with van der Waals surface area (Å²) < 4.78 is 4.71. The number of nitriles is 2. The molecule has 2 aromatic heterocycles. The van der Waals surface area contributed by atoms with Crippen molar-refractivity contribution in [3.8, 4) is 34.4 Å². The molecule has 10 nitrogen and oxygen atoms in total. The fraction of sp³-hybridized carbons (Fsp3) is 0.0870. The number of pyridine rings is 1. The van der Waals surface area contributed by atoms with Gasteiger partial charge in [-0.3, -0.25) is 4.79 Å². The van der Waals surface area contributed by atoms with Gasteiger partial charge in [0.1, 0.15) is 17.7 Å². The predicted octanol–water partition coefficient (Wildman–Crippen LogP) is 3.04. The molecule has 0 saturated heterocycles. The van der Waals surface area contributed by atoms with Gasteiger partial charge < -0.3 is 9.72 Å². The van der Waals surface area contributed by atoms with E-state index in [-0.39, 0.29) is 22.4 Å². The average Bonchev–Trinajstić information content (AvgIpc) is 3.40. The molecule has 2 aromatic carbocycles. The quantitative estimate of drug-likeness (QED) is 0.319. The lowest BCUT2D eigenvalue weighted by molar-refractivity contribution is 0.0600. The molecule has 11 heteroatoms. The minimum atomic E-state index is -0.588. The van der Waals surface area contributed by atoms with Gasteiger partial charge in [0.2, 0.25) is 0 Å². The molecule has 0 spiro atoms. The van der Waals surface area contributed by atoms with E-state index in [0.717, 1.165) is 11.1 Å². The van der Waals surface area contributed by atoms with Crippen LogP contribution in [-0.4, -0.2) is 38.7 Å². The molecule has 0 bridgehead atoms. The minimum absolute atomic E-state index is 0.143. The number of nitrogens with zero attached hydrogens (tertiary/aromatic N) is 5. The summed E-state index contributed by atoms with van der Waals surface area (Å²) >= 11 is 1.17. The van der Waals surface area contributed by atoms with Crippen LogP contribution in [0.5, 0.6) is 0 Å². The van der Waals surface area contributed by atoms with Crippen LogP contribution in [0, 0.1) is 22.7 Å². The Kier molecular flexibility index (Phi) is 6.48. The summed E-state index contributed by atoms with van der Waals surface area (Å²) in [5.41, 5.74) is 2.42. The summed E-state index contributed by atoms with van der Waals surface area (Å²) in [5.74, 6) is 0.257. The molecule has 0 fully saturated rings. The number of nitrogens with one attached hydrogen (secondary N) is 2. The third kappa shape index (κ3) is 4.41. The smallest absolute Gasteiger partial charge is 0.337 e. The highest BCUT2D eigenvalue weighted by molar-refractivity contribution is 7.98. The number of rotatable bonds is 6. The number of esters is 1. The molecule has 0 amide bonds. The van der Waals surface area contributed by atoms with E-state index >= 15 is 0 Å². The molecule has 166 valence electrons. The third-order valence-corrected chi connectivity index (χ3v) is 5.95. The Hall–Kier alpha value is -4.74. The second kappa shape index (κ2) is 9.81. The second-order valence-corrected chi connectivity index (χ2v) is 7.88. The maximum absolute atomic E-state index is 12.6. The van der Waals surface area contributed by atoms with Crippen LogP contribution in [0.25, 0.3) is 22.3 Å². The first kappa shape index (κ1) is 22.5. The van der Waals surface area contributed by atoms with Crippen molar-refractivity contribution in [1.82, 2.24) is 25.6 Å². The van der Waals surface area contributed by atoms with Gasteiger partial charge in [0.15, 0.2) is 5.82 Å². The van der Waals surface area contributed by atoms with Gasteiger partial charge in [0, 0.05) is 5.56 Å². The lowest BCUT2D eigenvalue weighted by Gasteiger charge is -2.11. The maximum Gasteiger partial charge on any atom is 0.337 e. The first-order chi connectivity index (χ1) is 16.5. The van der Waals surface area contributed by atoms with Gasteiger partial charge in [0.25, 0.3) is 5.56 Å². The van der Waals surface area contributed by atoms with Crippen molar-refractivity contribution in [1.29, 1.82) is 10.5 Å². The molecule has 4 rings (SSSR count). The Morgan fingerprint density at radius 3 is 2.18 bits per heavy atom. The molecule has 0 saturated carbocycles. The molecule has 0 aliphatic heterocycles. The number of benzene rings is 2. The zero-order valence-corrected chi connectivity index (χ0v) is 18.5. The Morgan fingerprint density at radius 1 is 1.00 bits per heavy atom. The molecular weight excluding hydrogens is 454 g/mol. The standard InChI is InChI=1S/C23H15N7O3S/c1-33-23(32)16-8-4-14(5-9-16)13-2-6-15(7-3-13)20-17(10-24)21(31)26-22(18(20)11-25)34-12-19-27-29-30-28-19/h2-9H,12H2,1H3,(H,26,31)(H,27,28,29,30). The summed E-state index contributed by atoms with van der Waals surface area (Å²) in [6.45, 7) is 0. The Balaban J connectivity index is 1.72. The van der Waals surface area contributed by atoms with Crippen LogP contribution in [0.1, 0.15) is 27.3 Å². The number of carbonyl (C=O) groups is 1. The highest BCUT2D eigenvalue weighted by Crippen LogP contribution is 2.33. The lowest BCUT2D eigenvalue weighted by atomic mass is 9.95. The summed E-state index contributed by atoms with van der Waals surface area (Å²) in [7, 11) is 1.32. The van der Waals surface area contributed by atoms with E-state index in [0.29, 0.717) is 22.0 Å². The SMILES string of the molecule is COC(=O)c1ccc(-c2ccc(-c3c(C#N)c(SCc4nn[nH]n4)[nH]c(=O)c3C#N)cc2)cc1. The molecule has 34 heavy (non-hydrogen) atoms. The number of aromatic amines is 2. The Bertz CT molecular complexity index is 1480. The number of tetrazole rings is 1. The predicted molar refractivity (Wildman–Crippen MR) is 122 cm³/mol. The van der Waals surface area contributed by atoms with E-state index < -0.39 is 11.5 Å². The van der Waals surface area contributed by atoms with Crippen LogP contribution in [0.2, 0.25) is 0 Å². The van der Waals surface area contributed by atoms with E-state index in [2.05, 4.69) is 31.7 Å². The van der Waals surface area contributed by atoms with Crippen LogP contribution in [-0.2, 0) is 10.5 Å². The number of hydrogen-bond donors (Lipinski definition) is 2. The van der Waals surface area contributed by atoms with Gasteiger partial charge in [-0.1, -0.05) is 53.4 Å². The molecular formula is C23H15N7O3S. The molecule has 0 atom stereocenters. The number of thioether (sulfide) groups is 1. The van der Waals surface area contributed by atoms with E-state index in [1.165, 1.54) is 18.9 Å². The maximum atomic E-state index is 12.6. The lowest BCUT2D eigenvalue weighted by Crippen LogP contribution is -2.15. The van der Waals surface area contributed by atoms with Gasteiger partial charge in [-0.15, -0.1) is 10.2 Å². The third-order valence-electron chi connectivity index (χ3n) is 4.95. The Labute approximate surface area is 197 Å². The summed E-state index contributed by atoms with van der Waals surface area (Å²) in [4.78, 5) is 26.9. The van der Waals surface area contributed by atoms with Crippen LogP contribution in [0.3, 0.4) is 0 Å². The van der Waals surface area contributed by atoms with Gasteiger partial charge >= 0.3 is 5.97 Å². The van der Waals surface area contributed by atoms with Crippen molar-refractivity contribution < 1.29 is 9.53 Å². The van der Waals surface area contributed by atoms with Crippen LogP contribution >= 0.6 is 11.8 Å². The van der Waals surface area contributed by atoms with Crippen LogP contribution in [0.4, 0.5) is 0 Å². The number of methoxy groups -OCH3 is 1. The fourth-order valence-corrected chi connectivity index (χ4v) is 4.17. The topological polar surface area (TPSA) is 161 Å². The van der Waals surface area contributed by atoms with Crippen molar-refractivity contribution in [3.05, 3.63) is 81.4 Å². The van der Waals surface area contributed by atoms with Crippen molar-refractivity contribution in [3.63, 3.8) is 0 Å². The van der Waals surface area contributed by atoms with Gasteiger partial charge in [-0.2, -0.15) is 15.7 Å². The number of hydrogen-bond acceptors (Lipinski definition) is 9. The normalized spacial score (nSPS) is 10.3. The minimum Gasteiger partial charge on any atom is -0.465 e. The Morgan fingerprint density at radius 2 is 1.62 bits per heavy atom. The molecule has 0 aliphatic carbocycles. The zero-order valence-electron chi connectivity index (χ0n) is 17.7. The molecule has 0 radical (unpaired) electrons. The van der Waals surface area contributed by atoms with Crippen molar-refractivity contribution in [2.45, 2.75) is 10.8 Å². The number of H-pyrrole nitrogens is 2. The van der Waals surface area contributed by atoms with Gasteiger partial charge in [-0.25, -0.2) is 4.79 Å². The monoisotopic (exact) mass is 469 g/mol. The van der Waals surface area contributed by atoms with E-state index in [1.807, 2.05) is 18.2 Å². The van der Waals surface area contributed by atoms with Gasteiger partial charge in [-0.05, 0) is 28.8 Å². The highest BCUT2D eigenvalue weighted by Gasteiger charge is 2.20. The zero-order chi connectivity index (χ0) is 24.1. The van der Waals surface area contributed by atoms with E-state index in [1.54, 1.807) is 36.4 Å². The molecule has 0 unspecified atom stereocenters. The largest absolute Gasteiger partial charge is 0.465 e. The summed E-state index contributed by atoms with van der Waals surface area (Å²) in [5, 5.41) is 33.4. The average molecular weight is 469 g/mol. The number of carbonyl (C=O) groups excluding carboxylic acids is 1. The van der Waals surface area contributed by atoms with Crippen molar-refractivity contribution in [2.24, 2.45) is 0 Å². The summed E-state index contributed by atoms with van der Waals surface area (Å²) in [6, 6.07) is 18.1. The second-order valence-electron chi connectivity index (χ2n) is 6.89. The van der Waals surface area contributed by atoms with Gasteiger partial charge in [0.05, 0.1) is 29.0 Å². The first-order valence-electron chi connectivity index (χ1n) is 9.80. The molecule has 2 heterocycles. The highest BCUT2D eigenvalue weighted by atomic mass is 32.2. The molecule has 0 aliphatic rings. The fourth-order valence-electron chi connectivity index (χ4n) is 3.32. The van der Waals surface area contributed by atoms with E-state index in [9.17, 15) is 20.1 Å². The van der Waals surface area contributed by atoms with Crippen LogP contribution in [0.15, 0.2) is 58.4 Å². The first-order valence-corrected chi connectivity index (χ1v) is 10.8. The number of aromatic nitrogens is 5. The molecule has 2 N–H and O–H groups in total.